The number of hydrogen-bond donors (Lipinski definition) is 0. The van der Waals surface area contributed by atoms with Crippen molar-refractivity contribution in [3.63, 3.8) is 0 Å². The van der Waals surface area contributed by atoms with Gasteiger partial charge in [0.15, 0.2) is 5.57 Å². The van der Waals surface area contributed by atoms with Gasteiger partial charge in [-0.1, -0.05) is 0 Å². The van der Waals surface area contributed by atoms with E-state index in [1.165, 1.54) is 12.2 Å². The predicted molar refractivity (Wildman–Crippen MR) is 31.2 cm³/mol. The molecule has 9 heavy (non-hydrogen) atoms. The average Bonchev–Trinajstić information content (AvgIpc) is 1.90. The first-order valence-corrected chi connectivity index (χ1v) is 2.45. The third-order valence-electron chi connectivity index (χ3n) is 0.926. The Hall–Kier alpha value is -1.27. The van der Waals surface area contributed by atoms with Crippen molar-refractivity contribution in [3.05, 3.63) is 35.7 Å². The quantitative estimate of drug-likeness (QED) is 0.380. The zero-order valence-corrected chi connectivity index (χ0v) is 4.60. The number of rotatable bonds is 1. The molecule has 0 amide bonds. The Morgan fingerprint density at radius 2 is 2.33 bits per heavy atom. The molecule has 1 aliphatic rings. The van der Waals surface area contributed by atoms with Crippen molar-refractivity contribution in [1.82, 2.24) is 0 Å². The summed E-state index contributed by atoms with van der Waals surface area (Å²) in [6.45, 7) is 0. The molecule has 0 aromatic rings. The zero-order valence-electron chi connectivity index (χ0n) is 4.60. The summed E-state index contributed by atoms with van der Waals surface area (Å²) < 4.78 is 12.1. The normalized spacial score (nSPS) is 15.7. The van der Waals surface area contributed by atoms with Gasteiger partial charge in [-0.05, 0) is 0 Å². The Kier molecular flexibility index (Phi) is 1.52. The molecule has 1 rings (SSSR count). The van der Waals surface area contributed by atoms with E-state index in [-0.39, 0.29) is 5.83 Å². The van der Waals surface area contributed by atoms with Crippen LogP contribution in [-0.4, -0.2) is 6.29 Å². The van der Waals surface area contributed by atoms with Crippen molar-refractivity contribution in [3.8, 4) is 0 Å². The highest BCUT2D eigenvalue weighted by atomic mass is 19.1. The van der Waals surface area contributed by atoms with Crippen LogP contribution >= 0.6 is 0 Å². The second kappa shape index (κ2) is 2.33. The van der Waals surface area contributed by atoms with E-state index in [4.69, 9.17) is 0 Å². The minimum atomic E-state index is -0.374. The highest BCUT2D eigenvalue weighted by Gasteiger charge is 2.05. The summed E-state index contributed by atoms with van der Waals surface area (Å²) in [7, 11) is 0. The molecule has 0 aromatic heterocycles. The van der Waals surface area contributed by atoms with Crippen LogP contribution in [0.1, 0.15) is 0 Å². The van der Waals surface area contributed by atoms with Gasteiger partial charge in [-0.15, -0.1) is 4.39 Å². The van der Waals surface area contributed by atoms with E-state index in [1.807, 2.05) is 0 Å². The van der Waals surface area contributed by atoms with Crippen molar-refractivity contribution >= 4 is 6.29 Å². The second-order valence-corrected chi connectivity index (χ2v) is 1.58. The molecule has 0 saturated carbocycles. The number of allylic oxidation sites excluding steroid dienone is 6. The van der Waals surface area contributed by atoms with E-state index >= 15 is 0 Å². The highest BCUT2D eigenvalue weighted by Crippen LogP contribution is 2.07. The first kappa shape index (κ1) is 5.86. The molecular formula is C7H4FO+. The third-order valence-corrected chi connectivity index (χ3v) is 0.926. The van der Waals surface area contributed by atoms with Crippen molar-refractivity contribution in [1.29, 1.82) is 0 Å². The van der Waals surface area contributed by atoms with E-state index in [1.54, 1.807) is 0 Å². The average molecular weight is 123 g/mol. The van der Waals surface area contributed by atoms with Crippen molar-refractivity contribution in [2.24, 2.45) is 0 Å². The van der Waals surface area contributed by atoms with Crippen LogP contribution < -0.4 is 0 Å². The Morgan fingerprint density at radius 3 is 2.78 bits per heavy atom. The fourth-order valence-electron chi connectivity index (χ4n) is 0.491. The van der Waals surface area contributed by atoms with Gasteiger partial charge < -0.3 is 0 Å². The topological polar surface area (TPSA) is 17.1 Å². The Morgan fingerprint density at radius 1 is 1.56 bits per heavy atom. The van der Waals surface area contributed by atoms with Gasteiger partial charge in [0.05, 0.1) is 6.08 Å². The van der Waals surface area contributed by atoms with Crippen molar-refractivity contribution in [2.45, 2.75) is 0 Å². The maximum atomic E-state index is 12.1. The molecular weight excluding hydrogens is 119 g/mol. The van der Waals surface area contributed by atoms with E-state index < -0.39 is 0 Å². The molecule has 0 aromatic carbocycles. The summed E-state index contributed by atoms with van der Waals surface area (Å²) >= 11 is 0. The molecule has 0 bridgehead atoms. The van der Waals surface area contributed by atoms with Gasteiger partial charge in [0, 0.05) is 12.2 Å². The molecule has 0 aliphatic heterocycles. The number of carbonyl (C=O) groups is 1. The first-order valence-electron chi connectivity index (χ1n) is 2.45. The largest absolute Gasteiger partial charge is 0.239 e. The third kappa shape index (κ3) is 1.31. The predicted octanol–water partition coefficient (Wildman–Crippen LogP) is 1.34. The molecule has 0 fully saturated rings. The second-order valence-electron chi connectivity index (χ2n) is 1.58. The van der Waals surface area contributed by atoms with E-state index in [0.29, 0.717) is 11.9 Å². The molecule has 0 heterocycles. The van der Waals surface area contributed by atoms with Gasteiger partial charge in [-0.2, -0.15) is 0 Å². The van der Waals surface area contributed by atoms with Crippen LogP contribution in [0.4, 0.5) is 4.39 Å². The van der Waals surface area contributed by atoms with Gasteiger partial charge in [0.2, 0.25) is 12.1 Å². The standard InChI is InChI=1S/C7H4FO/c8-7-3-1-6(5-9)2-4-7/h1,3-5H/q+1. The molecule has 0 N–H and O–H groups in total. The van der Waals surface area contributed by atoms with E-state index in [2.05, 4.69) is 6.08 Å². The smallest absolute Gasteiger partial charge is 0.238 e. The summed E-state index contributed by atoms with van der Waals surface area (Å²) in [5.41, 5.74) is 0.372. The molecule has 0 atom stereocenters. The summed E-state index contributed by atoms with van der Waals surface area (Å²) in [4.78, 5) is 9.96. The first-order chi connectivity index (χ1) is 4.33. The van der Waals surface area contributed by atoms with Crippen LogP contribution in [0.2, 0.25) is 0 Å². The fourth-order valence-corrected chi connectivity index (χ4v) is 0.491. The lowest BCUT2D eigenvalue weighted by atomic mass is 10.2. The number of aldehydes is 1. The van der Waals surface area contributed by atoms with Crippen LogP contribution in [0.3, 0.4) is 0 Å². The molecule has 0 unspecified atom stereocenters. The van der Waals surface area contributed by atoms with E-state index in [0.717, 1.165) is 6.08 Å². The zero-order chi connectivity index (χ0) is 6.69. The summed E-state index contributed by atoms with van der Waals surface area (Å²) in [5, 5.41) is 0. The maximum Gasteiger partial charge on any atom is 0.239 e. The van der Waals surface area contributed by atoms with Gasteiger partial charge in [0.1, 0.15) is 6.08 Å². The number of carbonyl (C=O) groups excluding carboxylic acids is 1. The van der Waals surface area contributed by atoms with Crippen LogP contribution in [-0.2, 0) is 4.79 Å². The van der Waals surface area contributed by atoms with Gasteiger partial charge in [-0.3, -0.25) is 0 Å². The fraction of sp³-hybridized carbons (Fsp3) is 0. The van der Waals surface area contributed by atoms with Crippen LogP contribution in [0, 0.1) is 6.08 Å². The SMILES string of the molecule is O=CC1=[C+]C=C(F)C=C1. The lowest BCUT2D eigenvalue weighted by Crippen LogP contribution is -1.82. The van der Waals surface area contributed by atoms with E-state index in [9.17, 15) is 9.18 Å². The molecule has 0 saturated heterocycles. The van der Waals surface area contributed by atoms with Gasteiger partial charge in [-0.25, -0.2) is 4.79 Å². The van der Waals surface area contributed by atoms with Crippen molar-refractivity contribution in [2.75, 3.05) is 0 Å². The monoisotopic (exact) mass is 123 g/mol. The Bertz CT molecular complexity index is 211. The minimum absolute atomic E-state index is 0.372. The minimum Gasteiger partial charge on any atom is -0.238 e. The molecule has 0 radical (unpaired) electrons. The summed E-state index contributed by atoms with van der Waals surface area (Å²) in [6, 6.07) is 0. The Labute approximate surface area is 52.2 Å². The number of halogens is 1. The molecule has 0 spiro atoms. The van der Waals surface area contributed by atoms with Gasteiger partial charge >= 0.3 is 0 Å². The maximum absolute atomic E-state index is 12.1. The molecule has 1 nitrogen and oxygen atoms in total. The van der Waals surface area contributed by atoms with Crippen LogP contribution in [0.25, 0.3) is 0 Å². The lowest BCUT2D eigenvalue weighted by Gasteiger charge is -1.81. The molecule has 44 valence electrons. The summed E-state index contributed by atoms with van der Waals surface area (Å²) in [5.74, 6) is -0.374. The van der Waals surface area contributed by atoms with Crippen molar-refractivity contribution < 1.29 is 9.18 Å². The lowest BCUT2D eigenvalue weighted by molar-refractivity contribution is -0.104. The molecule has 1 aliphatic carbocycles. The number of hydrogen-bond acceptors (Lipinski definition) is 1. The highest BCUT2D eigenvalue weighted by molar-refractivity contribution is 5.77. The summed E-state index contributed by atoms with van der Waals surface area (Å²) in [6.07, 6.45) is 6.80. The Balaban J connectivity index is 2.86. The van der Waals surface area contributed by atoms with Gasteiger partial charge in [0.25, 0.3) is 0 Å². The van der Waals surface area contributed by atoms with Crippen LogP contribution in [0.5, 0.6) is 0 Å². The molecule has 2 heteroatoms. The van der Waals surface area contributed by atoms with Crippen LogP contribution in [0.15, 0.2) is 29.6 Å².